The molecule has 0 fully saturated rings. The number of likely N-dealkylation sites (N-methyl/N-ethyl adjacent to an activating group) is 1. The Morgan fingerprint density at radius 1 is 1.38 bits per heavy atom. The van der Waals surface area contributed by atoms with Gasteiger partial charge < -0.3 is 4.90 Å². The second-order valence-corrected chi connectivity index (χ2v) is 6.61. The van der Waals surface area contributed by atoms with Crippen molar-refractivity contribution in [2.24, 2.45) is 0 Å². The fraction of sp³-hybridized carbons (Fsp3) is 0.250. The summed E-state index contributed by atoms with van der Waals surface area (Å²) in [6.45, 7) is 2.56. The molecule has 0 bridgehead atoms. The van der Waals surface area contributed by atoms with E-state index in [4.69, 9.17) is 0 Å². The third-order valence-electron chi connectivity index (χ3n) is 2.99. The van der Waals surface area contributed by atoms with Crippen molar-refractivity contribution in [1.29, 1.82) is 0 Å². The summed E-state index contributed by atoms with van der Waals surface area (Å²) >= 11 is 3.29. The summed E-state index contributed by atoms with van der Waals surface area (Å²) in [5.41, 5.74) is 1.96. The topological polar surface area (TPSA) is 33.2 Å². The van der Waals surface area contributed by atoms with E-state index < -0.39 is 0 Å². The molecule has 1 heterocycles. The van der Waals surface area contributed by atoms with Gasteiger partial charge in [0.05, 0.1) is 10.7 Å². The maximum absolute atomic E-state index is 12.1. The fourth-order valence-corrected chi connectivity index (χ4v) is 2.81. The van der Waals surface area contributed by atoms with Gasteiger partial charge in [-0.3, -0.25) is 4.79 Å². The average molecular weight is 318 g/mol. The lowest BCUT2D eigenvalue weighted by molar-refractivity contribution is -0.125. The Morgan fingerprint density at radius 3 is 2.67 bits per heavy atom. The van der Waals surface area contributed by atoms with Gasteiger partial charge in [0.2, 0.25) is 5.91 Å². The van der Waals surface area contributed by atoms with E-state index in [0.717, 1.165) is 16.3 Å². The van der Waals surface area contributed by atoms with Crippen LogP contribution in [0.25, 0.3) is 6.08 Å². The molecule has 0 atom stereocenters. The van der Waals surface area contributed by atoms with Gasteiger partial charge in [-0.15, -0.1) is 23.1 Å². The number of amides is 1. The number of aromatic nitrogens is 1. The van der Waals surface area contributed by atoms with Crippen molar-refractivity contribution in [2.75, 3.05) is 13.3 Å². The van der Waals surface area contributed by atoms with Crippen LogP contribution >= 0.6 is 23.1 Å². The molecule has 0 aliphatic heterocycles. The highest BCUT2D eigenvalue weighted by Gasteiger charge is 2.06. The molecule has 5 heteroatoms. The molecule has 0 unspecified atom stereocenters. The zero-order chi connectivity index (χ0) is 15.2. The zero-order valence-corrected chi connectivity index (χ0v) is 14.0. The number of hydrogen-bond donors (Lipinski definition) is 0. The van der Waals surface area contributed by atoms with Crippen molar-refractivity contribution in [2.45, 2.75) is 18.4 Å². The smallest absolute Gasteiger partial charge is 0.246 e. The number of benzene rings is 1. The van der Waals surface area contributed by atoms with Crippen LogP contribution in [0.15, 0.2) is 40.6 Å². The fourth-order valence-electron chi connectivity index (χ4n) is 1.82. The second kappa shape index (κ2) is 7.43. The number of thiazole rings is 1. The molecule has 21 heavy (non-hydrogen) atoms. The Hall–Kier alpha value is -1.59. The molecule has 0 radical (unpaired) electrons. The van der Waals surface area contributed by atoms with Crippen molar-refractivity contribution in [3.05, 3.63) is 52.0 Å². The molecule has 0 spiro atoms. The normalized spacial score (nSPS) is 11.0. The van der Waals surface area contributed by atoms with Crippen molar-refractivity contribution < 1.29 is 4.79 Å². The molecule has 110 valence electrons. The first-order valence-electron chi connectivity index (χ1n) is 6.56. The lowest BCUT2D eigenvalue weighted by atomic mass is 10.2. The monoisotopic (exact) mass is 318 g/mol. The number of thioether (sulfide) groups is 1. The average Bonchev–Trinajstić information content (AvgIpc) is 2.91. The van der Waals surface area contributed by atoms with E-state index in [1.54, 1.807) is 47.2 Å². The first kappa shape index (κ1) is 15.8. The van der Waals surface area contributed by atoms with Crippen LogP contribution in [0, 0.1) is 6.92 Å². The SMILES string of the molecule is CSc1ccc(CN(C)C(=O)/C=C/c2csc(C)n2)cc1. The zero-order valence-electron chi connectivity index (χ0n) is 12.4. The van der Waals surface area contributed by atoms with Crippen molar-refractivity contribution in [3.63, 3.8) is 0 Å². The summed E-state index contributed by atoms with van der Waals surface area (Å²) in [5, 5.41) is 2.95. The molecule has 0 saturated heterocycles. The van der Waals surface area contributed by atoms with E-state index >= 15 is 0 Å². The van der Waals surface area contributed by atoms with Gasteiger partial charge >= 0.3 is 0 Å². The summed E-state index contributed by atoms with van der Waals surface area (Å²) in [6.07, 6.45) is 5.39. The molecule has 1 amide bonds. The highest BCUT2D eigenvalue weighted by molar-refractivity contribution is 7.98. The third-order valence-corrected chi connectivity index (χ3v) is 4.52. The molecule has 0 aliphatic rings. The van der Waals surface area contributed by atoms with Crippen molar-refractivity contribution >= 4 is 35.1 Å². The van der Waals surface area contributed by atoms with Crippen molar-refractivity contribution in [3.8, 4) is 0 Å². The first-order valence-corrected chi connectivity index (χ1v) is 8.67. The summed E-state index contributed by atoms with van der Waals surface area (Å²) in [4.78, 5) is 19.3. The minimum absolute atomic E-state index is 0.0189. The third kappa shape index (κ3) is 4.72. The van der Waals surface area contributed by atoms with Gasteiger partial charge in [-0.1, -0.05) is 12.1 Å². The molecule has 2 aromatic rings. The van der Waals surface area contributed by atoms with Crippen molar-refractivity contribution in [1.82, 2.24) is 9.88 Å². The van der Waals surface area contributed by atoms with Gasteiger partial charge in [-0.05, 0) is 37.0 Å². The Labute approximate surface area is 133 Å². The minimum Gasteiger partial charge on any atom is -0.338 e. The summed E-state index contributed by atoms with van der Waals surface area (Å²) in [7, 11) is 1.81. The minimum atomic E-state index is -0.0189. The van der Waals surface area contributed by atoms with Crippen LogP contribution < -0.4 is 0 Å². The van der Waals surface area contributed by atoms with Gasteiger partial charge in [0.25, 0.3) is 0 Å². The Balaban J connectivity index is 1.93. The van der Waals surface area contributed by atoms with Gasteiger partial charge in [-0.2, -0.15) is 0 Å². The first-order chi connectivity index (χ1) is 10.1. The van der Waals surface area contributed by atoms with E-state index in [-0.39, 0.29) is 5.91 Å². The van der Waals surface area contributed by atoms with Crippen LogP contribution in [0.4, 0.5) is 0 Å². The van der Waals surface area contributed by atoms with E-state index in [1.807, 2.05) is 12.3 Å². The largest absolute Gasteiger partial charge is 0.338 e. The number of hydrogen-bond acceptors (Lipinski definition) is 4. The predicted octanol–water partition coefficient (Wildman–Crippen LogP) is 3.85. The van der Waals surface area contributed by atoms with Crippen LogP contribution in [-0.4, -0.2) is 29.1 Å². The number of aryl methyl sites for hydroxylation is 1. The standard InChI is InChI=1S/C16H18N2OS2/c1-12-17-14(11-21-12)6-9-16(19)18(2)10-13-4-7-15(20-3)8-5-13/h4-9,11H,10H2,1-3H3/b9-6+. The van der Waals surface area contributed by atoms with Gasteiger partial charge in [0, 0.05) is 29.9 Å². The molecule has 3 nitrogen and oxygen atoms in total. The molecular weight excluding hydrogens is 300 g/mol. The molecule has 2 rings (SSSR count). The highest BCUT2D eigenvalue weighted by atomic mass is 32.2. The maximum Gasteiger partial charge on any atom is 0.246 e. The quantitative estimate of drug-likeness (QED) is 0.620. The molecule has 0 saturated carbocycles. The summed E-state index contributed by atoms with van der Waals surface area (Å²) in [5.74, 6) is -0.0189. The van der Waals surface area contributed by atoms with E-state index in [2.05, 4.69) is 35.5 Å². The second-order valence-electron chi connectivity index (χ2n) is 4.67. The number of carbonyl (C=O) groups excluding carboxylic acids is 1. The van der Waals surface area contributed by atoms with Crippen LogP contribution in [0.3, 0.4) is 0 Å². The van der Waals surface area contributed by atoms with Gasteiger partial charge in [0.1, 0.15) is 0 Å². The maximum atomic E-state index is 12.1. The predicted molar refractivity (Wildman–Crippen MR) is 90.6 cm³/mol. The summed E-state index contributed by atoms with van der Waals surface area (Å²) < 4.78 is 0. The number of rotatable bonds is 5. The molecule has 1 aromatic heterocycles. The molecular formula is C16H18N2OS2. The van der Waals surface area contributed by atoms with Crippen LogP contribution in [-0.2, 0) is 11.3 Å². The Bertz CT molecular complexity index is 632. The van der Waals surface area contributed by atoms with Crippen LogP contribution in [0.1, 0.15) is 16.3 Å². The van der Waals surface area contributed by atoms with E-state index in [9.17, 15) is 4.79 Å². The van der Waals surface area contributed by atoms with E-state index in [1.165, 1.54) is 4.90 Å². The Kier molecular flexibility index (Phi) is 5.59. The Morgan fingerprint density at radius 2 is 2.10 bits per heavy atom. The van der Waals surface area contributed by atoms with E-state index in [0.29, 0.717) is 6.54 Å². The molecule has 0 aliphatic carbocycles. The van der Waals surface area contributed by atoms with Gasteiger partial charge in [0.15, 0.2) is 0 Å². The lowest BCUT2D eigenvalue weighted by Gasteiger charge is -2.15. The van der Waals surface area contributed by atoms with Crippen LogP contribution in [0.5, 0.6) is 0 Å². The van der Waals surface area contributed by atoms with Gasteiger partial charge in [-0.25, -0.2) is 4.98 Å². The molecule has 0 N–H and O–H groups in total. The summed E-state index contributed by atoms with van der Waals surface area (Å²) in [6, 6.07) is 8.27. The number of nitrogens with zero attached hydrogens (tertiary/aromatic N) is 2. The number of carbonyl (C=O) groups is 1. The molecule has 1 aromatic carbocycles. The highest BCUT2D eigenvalue weighted by Crippen LogP contribution is 2.16. The lowest BCUT2D eigenvalue weighted by Crippen LogP contribution is -2.24. The van der Waals surface area contributed by atoms with Crippen LogP contribution in [0.2, 0.25) is 0 Å².